The molecule has 0 aliphatic rings. The number of carbonyl (C=O) groups is 2. The van der Waals surface area contributed by atoms with E-state index in [1.165, 1.54) is 7.11 Å². The number of aryl methyl sites for hydroxylation is 1. The third kappa shape index (κ3) is 5.06. The first-order valence-electron chi connectivity index (χ1n) is 8.10. The predicted molar refractivity (Wildman–Crippen MR) is 99.0 cm³/mol. The Morgan fingerprint density at radius 1 is 1.12 bits per heavy atom. The summed E-state index contributed by atoms with van der Waals surface area (Å²) >= 11 is 0. The van der Waals surface area contributed by atoms with E-state index in [4.69, 9.17) is 10.5 Å². The third-order valence-corrected chi connectivity index (χ3v) is 3.73. The highest BCUT2D eigenvalue weighted by Gasteiger charge is 2.12. The number of nitrogens with two attached hydrogens (primary N) is 1. The van der Waals surface area contributed by atoms with Gasteiger partial charge in [-0.25, -0.2) is 0 Å². The molecule has 2 amide bonds. The SMILES string of the molecule is COc1ccccc1C(=O)Nc1ccc(C)c(NC(=O)CCCN)c1. The summed E-state index contributed by atoms with van der Waals surface area (Å²) < 4.78 is 5.21. The lowest BCUT2D eigenvalue weighted by Gasteiger charge is -2.12. The highest BCUT2D eigenvalue weighted by Crippen LogP contribution is 2.23. The van der Waals surface area contributed by atoms with Crippen LogP contribution in [0.25, 0.3) is 0 Å². The maximum Gasteiger partial charge on any atom is 0.259 e. The van der Waals surface area contributed by atoms with Gasteiger partial charge in [-0.15, -0.1) is 0 Å². The second-order valence-electron chi connectivity index (χ2n) is 5.62. The molecule has 132 valence electrons. The lowest BCUT2D eigenvalue weighted by molar-refractivity contribution is -0.116. The summed E-state index contributed by atoms with van der Waals surface area (Å²) in [5.74, 6) is 0.130. The van der Waals surface area contributed by atoms with Crippen LogP contribution in [0.2, 0.25) is 0 Å². The molecule has 0 unspecified atom stereocenters. The molecule has 0 saturated carbocycles. The maximum absolute atomic E-state index is 12.5. The van der Waals surface area contributed by atoms with Crippen LogP contribution in [0, 0.1) is 6.92 Å². The quantitative estimate of drug-likeness (QED) is 0.722. The van der Waals surface area contributed by atoms with Crippen molar-refractivity contribution in [2.24, 2.45) is 5.73 Å². The van der Waals surface area contributed by atoms with E-state index in [9.17, 15) is 9.59 Å². The van der Waals surface area contributed by atoms with Crippen LogP contribution in [0.3, 0.4) is 0 Å². The van der Waals surface area contributed by atoms with E-state index < -0.39 is 0 Å². The van der Waals surface area contributed by atoms with E-state index in [0.29, 0.717) is 42.1 Å². The molecule has 0 spiro atoms. The second-order valence-corrected chi connectivity index (χ2v) is 5.62. The van der Waals surface area contributed by atoms with Crippen molar-refractivity contribution in [3.05, 3.63) is 53.6 Å². The van der Waals surface area contributed by atoms with Gasteiger partial charge < -0.3 is 21.1 Å². The van der Waals surface area contributed by atoms with Gasteiger partial charge in [-0.2, -0.15) is 0 Å². The summed E-state index contributed by atoms with van der Waals surface area (Å²) in [6, 6.07) is 12.4. The Kier molecular flexibility index (Phi) is 6.54. The Bertz CT molecular complexity index is 759. The summed E-state index contributed by atoms with van der Waals surface area (Å²) in [6.07, 6.45) is 1.00. The number of nitrogens with one attached hydrogen (secondary N) is 2. The maximum atomic E-state index is 12.5. The van der Waals surface area contributed by atoms with Gasteiger partial charge in [0.25, 0.3) is 5.91 Å². The van der Waals surface area contributed by atoms with Gasteiger partial charge in [-0.1, -0.05) is 18.2 Å². The van der Waals surface area contributed by atoms with Gasteiger partial charge in [0.1, 0.15) is 5.75 Å². The molecule has 6 nitrogen and oxygen atoms in total. The number of benzene rings is 2. The molecule has 2 aromatic rings. The van der Waals surface area contributed by atoms with Crippen molar-refractivity contribution in [1.29, 1.82) is 0 Å². The molecule has 0 radical (unpaired) electrons. The molecule has 0 bridgehead atoms. The molecular formula is C19H23N3O3. The largest absolute Gasteiger partial charge is 0.496 e. The fourth-order valence-electron chi connectivity index (χ4n) is 2.34. The van der Waals surface area contributed by atoms with Crippen LogP contribution < -0.4 is 21.1 Å². The molecule has 4 N–H and O–H groups in total. The molecule has 0 aliphatic carbocycles. The first-order chi connectivity index (χ1) is 12.0. The van der Waals surface area contributed by atoms with E-state index in [0.717, 1.165) is 5.56 Å². The van der Waals surface area contributed by atoms with Gasteiger partial charge in [0.2, 0.25) is 5.91 Å². The third-order valence-electron chi connectivity index (χ3n) is 3.73. The van der Waals surface area contributed by atoms with E-state index in [1.54, 1.807) is 36.4 Å². The Hall–Kier alpha value is -2.86. The minimum Gasteiger partial charge on any atom is -0.496 e. The number of para-hydroxylation sites is 1. The monoisotopic (exact) mass is 341 g/mol. The van der Waals surface area contributed by atoms with Crippen LogP contribution in [-0.4, -0.2) is 25.5 Å². The lowest BCUT2D eigenvalue weighted by Crippen LogP contribution is -2.16. The zero-order chi connectivity index (χ0) is 18.2. The fourth-order valence-corrected chi connectivity index (χ4v) is 2.34. The summed E-state index contributed by atoms with van der Waals surface area (Å²) in [7, 11) is 1.52. The van der Waals surface area contributed by atoms with Gasteiger partial charge >= 0.3 is 0 Å². The van der Waals surface area contributed by atoms with Gasteiger partial charge in [-0.3, -0.25) is 9.59 Å². The predicted octanol–water partition coefficient (Wildman–Crippen LogP) is 2.93. The van der Waals surface area contributed by atoms with Crippen LogP contribution in [0.5, 0.6) is 5.75 Å². The molecule has 25 heavy (non-hydrogen) atoms. The van der Waals surface area contributed by atoms with Gasteiger partial charge in [0.05, 0.1) is 12.7 Å². The summed E-state index contributed by atoms with van der Waals surface area (Å²) in [5.41, 5.74) is 8.04. The topological polar surface area (TPSA) is 93.5 Å². The van der Waals surface area contributed by atoms with E-state index in [-0.39, 0.29) is 11.8 Å². The average molecular weight is 341 g/mol. The second kappa shape index (κ2) is 8.84. The number of amides is 2. The first kappa shape index (κ1) is 18.5. The van der Waals surface area contributed by atoms with Crippen molar-refractivity contribution in [3.63, 3.8) is 0 Å². The van der Waals surface area contributed by atoms with Crippen LogP contribution in [0.1, 0.15) is 28.8 Å². The molecule has 0 saturated heterocycles. The number of hydrogen-bond donors (Lipinski definition) is 3. The minimum atomic E-state index is -0.276. The number of ether oxygens (including phenoxy) is 1. The van der Waals surface area contributed by atoms with Crippen molar-refractivity contribution in [2.75, 3.05) is 24.3 Å². The van der Waals surface area contributed by atoms with Crippen LogP contribution in [-0.2, 0) is 4.79 Å². The summed E-state index contributed by atoms with van der Waals surface area (Å²) in [6.45, 7) is 2.37. The Morgan fingerprint density at radius 2 is 1.88 bits per heavy atom. The summed E-state index contributed by atoms with van der Waals surface area (Å²) in [5, 5.41) is 5.68. The number of anilines is 2. The van der Waals surface area contributed by atoms with E-state index >= 15 is 0 Å². The van der Waals surface area contributed by atoms with E-state index in [1.807, 2.05) is 13.0 Å². The van der Waals surface area contributed by atoms with Gasteiger partial charge in [0.15, 0.2) is 0 Å². The average Bonchev–Trinajstić information content (AvgIpc) is 2.62. The zero-order valence-electron chi connectivity index (χ0n) is 14.5. The van der Waals surface area contributed by atoms with Crippen molar-refractivity contribution in [2.45, 2.75) is 19.8 Å². The van der Waals surface area contributed by atoms with Crippen molar-refractivity contribution in [1.82, 2.24) is 0 Å². The first-order valence-corrected chi connectivity index (χ1v) is 8.10. The van der Waals surface area contributed by atoms with Crippen LogP contribution in [0.15, 0.2) is 42.5 Å². The zero-order valence-corrected chi connectivity index (χ0v) is 14.5. The molecule has 0 heterocycles. The molecule has 0 aromatic heterocycles. The van der Waals surface area contributed by atoms with Crippen molar-refractivity contribution in [3.8, 4) is 5.75 Å². The fraction of sp³-hybridized carbons (Fsp3) is 0.263. The highest BCUT2D eigenvalue weighted by molar-refractivity contribution is 6.06. The Balaban J connectivity index is 2.13. The minimum absolute atomic E-state index is 0.0956. The van der Waals surface area contributed by atoms with Crippen molar-refractivity contribution >= 4 is 23.2 Å². The number of methoxy groups -OCH3 is 1. The highest BCUT2D eigenvalue weighted by atomic mass is 16.5. The molecule has 0 atom stereocenters. The number of hydrogen-bond acceptors (Lipinski definition) is 4. The number of rotatable bonds is 7. The number of carbonyl (C=O) groups excluding carboxylic acids is 2. The molecule has 6 heteroatoms. The molecule has 0 fully saturated rings. The normalized spacial score (nSPS) is 10.2. The Labute approximate surface area is 147 Å². The molecule has 0 aliphatic heterocycles. The molecule has 2 aromatic carbocycles. The summed E-state index contributed by atoms with van der Waals surface area (Å²) in [4.78, 5) is 24.4. The lowest BCUT2D eigenvalue weighted by atomic mass is 10.1. The van der Waals surface area contributed by atoms with E-state index in [2.05, 4.69) is 10.6 Å². The molecular weight excluding hydrogens is 318 g/mol. The van der Waals surface area contributed by atoms with Gasteiger partial charge in [-0.05, 0) is 49.7 Å². The van der Waals surface area contributed by atoms with Crippen LogP contribution >= 0.6 is 0 Å². The Morgan fingerprint density at radius 3 is 2.60 bits per heavy atom. The smallest absolute Gasteiger partial charge is 0.259 e. The van der Waals surface area contributed by atoms with Crippen LogP contribution in [0.4, 0.5) is 11.4 Å². The van der Waals surface area contributed by atoms with Crippen molar-refractivity contribution < 1.29 is 14.3 Å². The standard InChI is InChI=1S/C19H23N3O3/c1-13-9-10-14(12-16(13)22-18(23)8-5-11-20)21-19(24)15-6-3-4-7-17(15)25-2/h3-4,6-7,9-10,12H,5,8,11,20H2,1-2H3,(H,21,24)(H,22,23). The van der Waals surface area contributed by atoms with Gasteiger partial charge in [0, 0.05) is 17.8 Å². The molecule has 2 rings (SSSR count).